The van der Waals surface area contributed by atoms with E-state index in [0.29, 0.717) is 25.3 Å². The largest absolute Gasteiger partial charge is 0.489 e. The average molecular weight is 349 g/mol. The van der Waals surface area contributed by atoms with Gasteiger partial charge < -0.3 is 20.5 Å². The molecule has 3 N–H and O–H groups in total. The van der Waals surface area contributed by atoms with E-state index in [-0.39, 0.29) is 24.4 Å². The highest BCUT2D eigenvalue weighted by atomic mass is 35.5. The smallest absolute Gasteiger partial charge is 0.241 e. The number of halogens is 1. The van der Waals surface area contributed by atoms with Gasteiger partial charge in [-0.2, -0.15) is 0 Å². The number of aliphatic hydroxyl groups is 1. The molecule has 3 rings (SSSR count). The number of carbonyl (C=O) groups excluding carboxylic acids is 1. The minimum absolute atomic E-state index is 0. The van der Waals surface area contributed by atoms with Crippen molar-refractivity contribution in [3.05, 3.63) is 60.2 Å². The lowest BCUT2D eigenvalue weighted by atomic mass is 10.2. The normalized spacial score (nSPS) is 19.4. The maximum absolute atomic E-state index is 12.0. The van der Waals surface area contributed by atoms with E-state index in [1.165, 1.54) is 0 Å². The van der Waals surface area contributed by atoms with Gasteiger partial charge in [-0.1, -0.05) is 30.3 Å². The van der Waals surface area contributed by atoms with Crippen LogP contribution in [0, 0.1) is 0 Å². The van der Waals surface area contributed by atoms with Crippen molar-refractivity contribution in [3.8, 4) is 5.75 Å². The highest BCUT2D eigenvalue weighted by molar-refractivity contribution is 5.95. The van der Waals surface area contributed by atoms with Crippen molar-refractivity contribution in [2.45, 2.75) is 25.2 Å². The molecule has 2 unspecified atom stereocenters. The summed E-state index contributed by atoms with van der Waals surface area (Å²) in [4.78, 5) is 12.0. The molecule has 0 radical (unpaired) electrons. The van der Waals surface area contributed by atoms with Gasteiger partial charge in [-0.25, -0.2) is 0 Å². The predicted molar refractivity (Wildman–Crippen MR) is 95.5 cm³/mol. The van der Waals surface area contributed by atoms with Crippen LogP contribution in [-0.2, 0) is 11.4 Å². The summed E-state index contributed by atoms with van der Waals surface area (Å²) in [5.74, 6) is 0.626. The van der Waals surface area contributed by atoms with Crippen molar-refractivity contribution in [2.24, 2.45) is 0 Å². The zero-order valence-electron chi connectivity index (χ0n) is 13.1. The molecule has 0 aliphatic carbocycles. The van der Waals surface area contributed by atoms with Gasteiger partial charge in [0.15, 0.2) is 0 Å². The van der Waals surface area contributed by atoms with Crippen LogP contribution in [0.4, 0.5) is 5.69 Å². The Balaban J connectivity index is 0.00000208. The molecule has 0 spiro atoms. The lowest BCUT2D eigenvalue weighted by Gasteiger charge is -2.12. The van der Waals surface area contributed by atoms with Gasteiger partial charge in [0.2, 0.25) is 5.91 Å². The number of hydrogen-bond donors (Lipinski definition) is 3. The van der Waals surface area contributed by atoms with Crippen LogP contribution in [0.15, 0.2) is 54.6 Å². The van der Waals surface area contributed by atoms with Gasteiger partial charge in [0.05, 0.1) is 12.1 Å². The van der Waals surface area contributed by atoms with Crippen LogP contribution in [-0.4, -0.2) is 29.7 Å². The van der Waals surface area contributed by atoms with E-state index in [9.17, 15) is 9.90 Å². The number of nitrogens with one attached hydrogen (secondary N) is 2. The molecule has 1 fully saturated rings. The molecule has 0 saturated carbocycles. The lowest BCUT2D eigenvalue weighted by Crippen LogP contribution is -2.35. The fourth-order valence-corrected chi connectivity index (χ4v) is 2.52. The predicted octanol–water partition coefficient (Wildman–Crippen LogP) is 2.35. The third-order valence-electron chi connectivity index (χ3n) is 3.79. The number of benzene rings is 2. The van der Waals surface area contributed by atoms with E-state index in [1.54, 1.807) is 0 Å². The van der Waals surface area contributed by atoms with Crippen molar-refractivity contribution >= 4 is 24.0 Å². The number of ether oxygens (including phenoxy) is 1. The first-order valence-electron chi connectivity index (χ1n) is 7.70. The molecule has 0 bridgehead atoms. The number of aliphatic hydroxyl groups excluding tert-OH is 1. The first kappa shape index (κ1) is 18.3. The van der Waals surface area contributed by atoms with E-state index in [0.717, 1.165) is 11.3 Å². The Morgan fingerprint density at radius 1 is 1.17 bits per heavy atom. The summed E-state index contributed by atoms with van der Waals surface area (Å²) >= 11 is 0. The van der Waals surface area contributed by atoms with Gasteiger partial charge in [0.25, 0.3) is 0 Å². The minimum atomic E-state index is -0.445. The van der Waals surface area contributed by atoms with Gasteiger partial charge >= 0.3 is 0 Å². The number of rotatable bonds is 5. The summed E-state index contributed by atoms with van der Waals surface area (Å²) in [5, 5.41) is 15.3. The molecule has 128 valence electrons. The third-order valence-corrected chi connectivity index (χ3v) is 3.79. The van der Waals surface area contributed by atoms with Crippen LogP contribution >= 0.6 is 12.4 Å². The molecule has 1 aliphatic rings. The molecular formula is C18H21ClN2O3. The summed E-state index contributed by atoms with van der Waals surface area (Å²) in [6.07, 6.45) is 0.00362. The van der Waals surface area contributed by atoms with Crippen LogP contribution in [0.25, 0.3) is 0 Å². The molecular weight excluding hydrogens is 328 g/mol. The third kappa shape index (κ3) is 4.96. The summed E-state index contributed by atoms with van der Waals surface area (Å²) in [6.45, 7) is 0.973. The van der Waals surface area contributed by atoms with Crippen LogP contribution in [0.5, 0.6) is 5.75 Å². The fourth-order valence-electron chi connectivity index (χ4n) is 2.52. The molecule has 5 nitrogen and oxygen atoms in total. The van der Waals surface area contributed by atoms with E-state index >= 15 is 0 Å². The molecule has 24 heavy (non-hydrogen) atoms. The van der Waals surface area contributed by atoms with Crippen LogP contribution < -0.4 is 15.4 Å². The Bertz CT molecular complexity index is 649. The van der Waals surface area contributed by atoms with Crippen LogP contribution in [0.1, 0.15) is 12.0 Å². The van der Waals surface area contributed by atoms with E-state index in [4.69, 9.17) is 4.74 Å². The van der Waals surface area contributed by atoms with Crippen molar-refractivity contribution in [2.75, 3.05) is 11.9 Å². The summed E-state index contributed by atoms with van der Waals surface area (Å²) < 4.78 is 5.71. The second-order valence-electron chi connectivity index (χ2n) is 5.64. The van der Waals surface area contributed by atoms with E-state index in [2.05, 4.69) is 10.6 Å². The molecule has 1 saturated heterocycles. The highest BCUT2D eigenvalue weighted by Gasteiger charge is 2.27. The number of amides is 1. The van der Waals surface area contributed by atoms with Crippen molar-refractivity contribution in [1.29, 1.82) is 0 Å². The highest BCUT2D eigenvalue weighted by Crippen LogP contribution is 2.18. The molecule has 2 aromatic carbocycles. The monoisotopic (exact) mass is 348 g/mol. The topological polar surface area (TPSA) is 70.6 Å². The molecule has 0 aromatic heterocycles. The first-order valence-corrected chi connectivity index (χ1v) is 7.70. The molecule has 2 aromatic rings. The van der Waals surface area contributed by atoms with Gasteiger partial charge in [0.1, 0.15) is 12.4 Å². The Kier molecular flexibility index (Phi) is 6.61. The van der Waals surface area contributed by atoms with Crippen molar-refractivity contribution in [1.82, 2.24) is 5.32 Å². The molecule has 1 aliphatic heterocycles. The zero-order chi connectivity index (χ0) is 16.1. The number of hydrogen-bond acceptors (Lipinski definition) is 4. The second kappa shape index (κ2) is 8.68. The minimum Gasteiger partial charge on any atom is -0.489 e. The van der Waals surface area contributed by atoms with Gasteiger partial charge in [0, 0.05) is 12.2 Å². The maximum atomic E-state index is 12.0. The van der Waals surface area contributed by atoms with Crippen molar-refractivity contribution < 1.29 is 14.6 Å². The second-order valence-corrected chi connectivity index (χ2v) is 5.64. The standard InChI is InChI=1S/C18H20N2O3.ClH/c21-15-10-17(19-11-15)18(22)20-14-6-8-16(9-7-14)23-12-13-4-2-1-3-5-13;/h1-9,15,17,19,21H,10-12H2,(H,20,22);1H. The Hall–Kier alpha value is -2.08. The Morgan fingerprint density at radius 2 is 1.88 bits per heavy atom. The number of β-amino-alcohol motifs (C(OH)–C–C–N with tert-alkyl or cyclic N) is 1. The van der Waals surface area contributed by atoms with Gasteiger partial charge in [-0.3, -0.25) is 4.79 Å². The average Bonchev–Trinajstić information content (AvgIpc) is 3.02. The fraction of sp³-hybridized carbons (Fsp3) is 0.278. The maximum Gasteiger partial charge on any atom is 0.241 e. The zero-order valence-corrected chi connectivity index (χ0v) is 14.0. The van der Waals surface area contributed by atoms with E-state index in [1.807, 2.05) is 54.6 Å². The van der Waals surface area contributed by atoms with E-state index < -0.39 is 6.10 Å². The number of carbonyl (C=O) groups is 1. The SMILES string of the molecule is Cl.O=C(Nc1ccc(OCc2ccccc2)cc1)C1CC(O)CN1. The molecule has 1 amide bonds. The molecule has 1 heterocycles. The number of anilines is 1. The lowest BCUT2D eigenvalue weighted by molar-refractivity contribution is -0.117. The van der Waals surface area contributed by atoms with Crippen LogP contribution in [0.2, 0.25) is 0 Å². The van der Waals surface area contributed by atoms with Crippen molar-refractivity contribution in [3.63, 3.8) is 0 Å². The summed E-state index contributed by atoms with van der Waals surface area (Å²) in [5.41, 5.74) is 1.82. The Morgan fingerprint density at radius 3 is 2.50 bits per heavy atom. The summed E-state index contributed by atoms with van der Waals surface area (Å²) in [6, 6.07) is 16.9. The molecule has 2 atom stereocenters. The quantitative estimate of drug-likeness (QED) is 0.775. The molecule has 6 heteroatoms. The Labute approximate surface area is 147 Å². The summed E-state index contributed by atoms with van der Waals surface area (Å²) in [7, 11) is 0. The van der Waals surface area contributed by atoms with Crippen LogP contribution in [0.3, 0.4) is 0 Å². The first-order chi connectivity index (χ1) is 11.2. The van der Waals surface area contributed by atoms with Gasteiger partial charge in [-0.05, 0) is 36.2 Å². The van der Waals surface area contributed by atoms with Gasteiger partial charge in [-0.15, -0.1) is 12.4 Å².